The van der Waals surface area contributed by atoms with Crippen LogP contribution in [0.4, 0.5) is 0 Å². The van der Waals surface area contributed by atoms with Gasteiger partial charge in [0.15, 0.2) is 0 Å². The average Bonchev–Trinajstić information content (AvgIpc) is 2.23. The standard InChI is InChI=1S/C13H25NO4/c1-6-11(9-10(2)12(15)16)13(17)18-8-7-14(3,4)5/h10-11H,6-9H2,1-5H3. The molecule has 106 valence electrons. The third kappa shape index (κ3) is 7.27. The highest BCUT2D eigenvalue weighted by molar-refractivity contribution is 5.74. The topological polar surface area (TPSA) is 66.4 Å². The number of quaternary nitrogens is 1. The van der Waals surface area contributed by atoms with E-state index in [9.17, 15) is 14.7 Å². The summed E-state index contributed by atoms with van der Waals surface area (Å²) in [6.07, 6.45) is 0.864. The molecule has 0 rings (SSSR count). The van der Waals surface area contributed by atoms with Gasteiger partial charge in [0, 0.05) is 5.97 Å². The van der Waals surface area contributed by atoms with Gasteiger partial charge in [-0.05, 0) is 18.8 Å². The van der Waals surface area contributed by atoms with Crippen molar-refractivity contribution in [2.75, 3.05) is 34.3 Å². The molecule has 5 nitrogen and oxygen atoms in total. The van der Waals surface area contributed by atoms with Gasteiger partial charge in [0.25, 0.3) is 0 Å². The van der Waals surface area contributed by atoms with E-state index in [4.69, 9.17) is 4.74 Å². The quantitative estimate of drug-likeness (QED) is 0.456. The molecule has 18 heavy (non-hydrogen) atoms. The summed E-state index contributed by atoms with van der Waals surface area (Å²) in [6.45, 7) is 4.50. The average molecular weight is 259 g/mol. The van der Waals surface area contributed by atoms with Crippen molar-refractivity contribution < 1.29 is 23.9 Å². The van der Waals surface area contributed by atoms with Crippen LogP contribution in [0.2, 0.25) is 0 Å². The van der Waals surface area contributed by atoms with Crippen molar-refractivity contribution in [2.45, 2.75) is 26.7 Å². The van der Waals surface area contributed by atoms with Gasteiger partial charge < -0.3 is 19.1 Å². The predicted molar refractivity (Wildman–Crippen MR) is 66.4 cm³/mol. The molecule has 0 aliphatic carbocycles. The van der Waals surface area contributed by atoms with Gasteiger partial charge in [0.2, 0.25) is 0 Å². The van der Waals surface area contributed by atoms with Crippen molar-refractivity contribution in [3.8, 4) is 0 Å². The maximum atomic E-state index is 11.8. The van der Waals surface area contributed by atoms with Crippen LogP contribution in [0.15, 0.2) is 0 Å². The molecule has 2 unspecified atom stereocenters. The van der Waals surface area contributed by atoms with Crippen LogP contribution in [-0.4, -0.2) is 50.7 Å². The molecule has 0 amide bonds. The number of hydrogen-bond acceptors (Lipinski definition) is 4. The lowest BCUT2D eigenvalue weighted by atomic mass is 9.94. The molecule has 5 heteroatoms. The highest BCUT2D eigenvalue weighted by atomic mass is 16.5. The number of esters is 1. The Morgan fingerprint density at radius 1 is 1.28 bits per heavy atom. The third-order valence-corrected chi connectivity index (χ3v) is 2.87. The van der Waals surface area contributed by atoms with Crippen LogP contribution in [0.25, 0.3) is 0 Å². The first-order chi connectivity index (χ1) is 8.17. The van der Waals surface area contributed by atoms with E-state index in [1.54, 1.807) is 6.92 Å². The van der Waals surface area contributed by atoms with E-state index >= 15 is 0 Å². The summed E-state index contributed by atoms with van der Waals surface area (Å²) in [5.74, 6) is -2.40. The van der Waals surface area contributed by atoms with Gasteiger partial charge in [-0.1, -0.05) is 13.8 Å². The predicted octanol–water partition coefficient (Wildman–Crippen LogP) is 0.0381. The zero-order chi connectivity index (χ0) is 14.3. The molecule has 0 radical (unpaired) electrons. The Balaban J connectivity index is 4.15. The van der Waals surface area contributed by atoms with Gasteiger partial charge in [-0.2, -0.15) is 0 Å². The van der Waals surface area contributed by atoms with Crippen LogP contribution >= 0.6 is 0 Å². The highest BCUT2D eigenvalue weighted by Gasteiger charge is 2.22. The number of carbonyl (C=O) groups excluding carboxylic acids is 2. The Bertz CT molecular complexity index is 283. The molecule has 0 N–H and O–H groups in total. The Morgan fingerprint density at radius 2 is 1.83 bits per heavy atom. The lowest BCUT2D eigenvalue weighted by molar-refractivity contribution is -0.870. The van der Waals surface area contributed by atoms with Crippen LogP contribution in [0.1, 0.15) is 26.7 Å². The fourth-order valence-electron chi connectivity index (χ4n) is 1.49. The number of aliphatic carboxylic acids is 1. The second kappa shape index (κ2) is 7.36. The fraction of sp³-hybridized carbons (Fsp3) is 0.846. The molecule has 0 aromatic rings. The molecule has 0 fully saturated rings. The van der Waals surface area contributed by atoms with E-state index in [1.165, 1.54) is 0 Å². The molecular weight excluding hydrogens is 234 g/mol. The number of nitrogens with zero attached hydrogens (tertiary/aromatic N) is 1. The summed E-state index contributed by atoms with van der Waals surface area (Å²) >= 11 is 0. The first kappa shape index (κ1) is 16.9. The minimum Gasteiger partial charge on any atom is -0.550 e. The van der Waals surface area contributed by atoms with Crippen LogP contribution < -0.4 is 5.11 Å². The highest BCUT2D eigenvalue weighted by Crippen LogP contribution is 2.17. The van der Waals surface area contributed by atoms with Crippen molar-refractivity contribution in [1.82, 2.24) is 0 Å². The van der Waals surface area contributed by atoms with Crippen molar-refractivity contribution >= 4 is 11.9 Å². The van der Waals surface area contributed by atoms with Crippen molar-refractivity contribution in [3.63, 3.8) is 0 Å². The van der Waals surface area contributed by atoms with Crippen LogP contribution in [0.5, 0.6) is 0 Å². The van der Waals surface area contributed by atoms with Crippen LogP contribution in [0.3, 0.4) is 0 Å². The van der Waals surface area contributed by atoms with Crippen molar-refractivity contribution in [2.24, 2.45) is 11.8 Å². The Labute approximate surface area is 109 Å². The Hall–Kier alpha value is -1.10. The number of hydrogen-bond donors (Lipinski definition) is 0. The molecule has 2 atom stereocenters. The van der Waals surface area contributed by atoms with E-state index in [-0.39, 0.29) is 18.3 Å². The van der Waals surface area contributed by atoms with Gasteiger partial charge in [0.05, 0.1) is 27.1 Å². The molecule has 0 spiro atoms. The first-order valence-electron chi connectivity index (χ1n) is 6.35. The monoisotopic (exact) mass is 259 g/mol. The first-order valence-corrected chi connectivity index (χ1v) is 6.35. The summed E-state index contributed by atoms with van der Waals surface area (Å²) in [5.41, 5.74) is 0. The number of rotatable bonds is 8. The van der Waals surface area contributed by atoms with E-state index < -0.39 is 11.9 Å². The van der Waals surface area contributed by atoms with Crippen molar-refractivity contribution in [3.05, 3.63) is 0 Å². The largest absolute Gasteiger partial charge is 0.550 e. The number of carbonyl (C=O) groups is 2. The molecule has 0 aromatic carbocycles. The molecular formula is C13H25NO4. The molecule has 0 aliphatic rings. The maximum Gasteiger partial charge on any atom is 0.309 e. The normalized spacial score (nSPS) is 14.9. The zero-order valence-corrected chi connectivity index (χ0v) is 12.1. The zero-order valence-electron chi connectivity index (χ0n) is 12.1. The van der Waals surface area contributed by atoms with Crippen LogP contribution in [-0.2, 0) is 14.3 Å². The summed E-state index contributed by atoms with van der Waals surface area (Å²) in [4.78, 5) is 22.4. The van der Waals surface area contributed by atoms with E-state index in [1.807, 2.05) is 28.1 Å². The van der Waals surface area contributed by atoms with E-state index in [2.05, 4.69) is 0 Å². The van der Waals surface area contributed by atoms with Crippen molar-refractivity contribution in [1.29, 1.82) is 0 Å². The Kier molecular flexibility index (Phi) is 6.91. The molecule has 0 bridgehead atoms. The number of likely N-dealkylation sites (N-methyl/N-ethyl adjacent to an activating group) is 1. The molecule has 0 saturated heterocycles. The second-order valence-electron chi connectivity index (χ2n) is 5.74. The summed E-state index contributed by atoms with van der Waals surface area (Å²) in [5, 5.41) is 10.7. The van der Waals surface area contributed by atoms with E-state index in [0.29, 0.717) is 13.0 Å². The number of carboxylic acid groups (broad SMARTS) is 1. The molecule has 0 saturated carbocycles. The maximum absolute atomic E-state index is 11.8. The fourth-order valence-corrected chi connectivity index (χ4v) is 1.49. The summed E-state index contributed by atoms with van der Waals surface area (Å²) in [7, 11) is 6.05. The minimum atomic E-state index is -1.12. The number of carboxylic acids is 1. The van der Waals surface area contributed by atoms with Gasteiger partial charge in [-0.15, -0.1) is 0 Å². The summed E-state index contributed by atoms with van der Waals surface area (Å²) in [6, 6.07) is 0. The third-order valence-electron chi connectivity index (χ3n) is 2.87. The molecule has 0 aliphatic heterocycles. The van der Waals surface area contributed by atoms with Gasteiger partial charge in [-0.25, -0.2) is 0 Å². The second-order valence-corrected chi connectivity index (χ2v) is 5.74. The minimum absolute atomic E-state index is 0.280. The van der Waals surface area contributed by atoms with Gasteiger partial charge in [0.1, 0.15) is 13.2 Å². The Morgan fingerprint density at radius 3 is 2.22 bits per heavy atom. The van der Waals surface area contributed by atoms with Gasteiger partial charge >= 0.3 is 5.97 Å². The molecule has 0 heterocycles. The lowest BCUT2D eigenvalue weighted by Crippen LogP contribution is -2.38. The summed E-state index contributed by atoms with van der Waals surface area (Å²) < 4.78 is 5.91. The number of ether oxygens (including phenoxy) is 1. The SMILES string of the molecule is CCC(CC(C)C(=O)[O-])C(=O)OCC[N+](C)(C)C. The van der Waals surface area contributed by atoms with Gasteiger partial charge in [-0.3, -0.25) is 4.79 Å². The van der Waals surface area contributed by atoms with Crippen LogP contribution in [0, 0.1) is 11.8 Å². The smallest absolute Gasteiger partial charge is 0.309 e. The lowest BCUT2D eigenvalue weighted by Gasteiger charge is -2.24. The molecule has 0 aromatic heterocycles. The van der Waals surface area contributed by atoms with E-state index in [0.717, 1.165) is 11.0 Å².